The number of aliphatic hydroxyl groups excluding tert-OH is 1. The van der Waals surface area contributed by atoms with Crippen molar-refractivity contribution in [1.29, 1.82) is 0 Å². The molecule has 0 saturated carbocycles. The normalized spacial score (nSPS) is 13.4. The highest BCUT2D eigenvalue weighted by Crippen LogP contribution is 2.19. The number of aliphatic hydroxyl groups is 1. The quantitative estimate of drug-likeness (QED) is 0.680. The van der Waals surface area contributed by atoms with Crippen LogP contribution in [-0.2, 0) is 0 Å². The first kappa shape index (κ1) is 13.0. The second-order valence-corrected chi connectivity index (χ2v) is 4.14. The largest absolute Gasteiger partial charge is 0.465 e. The maximum atomic E-state index is 11.0. The third kappa shape index (κ3) is 3.38. The van der Waals surface area contributed by atoms with Crippen molar-refractivity contribution in [3.05, 3.63) is 12.7 Å². The first-order valence-corrected chi connectivity index (χ1v) is 4.60. The van der Waals surface area contributed by atoms with E-state index < -0.39 is 11.6 Å². The molecule has 14 heavy (non-hydrogen) atoms. The smallest absolute Gasteiger partial charge is 0.408 e. The lowest BCUT2D eigenvalue weighted by Gasteiger charge is -2.38. The summed E-state index contributed by atoms with van der Waals surface area (Å²) in [5, 5.41) is 17.8. The highest BCUT2D eigenvalue weighted by molar-refractivity contribution is 5.66. The van der Waals surface area contributed by atoms with Crippen LogP contribution in [0.15, 0.2) is 12.7 Å². The Balaban J connectivity index is 4.79. The van der Waals surface area contributed by atoms with E-state index in [4.69, 9.17) is 10.2 Å². The van der Waals surface area contributed by atoms with Gasteiger partial charge in [-0.2, -0.15) is 0 Å². The fourth-order valence-electron chi connectivity index (χ4n) is 1.41. The van der Waals surface area contributed by atoms with Gasteiger partial charge in [-0.05, 0) is 27.2 Å². The van der Waals surface area contributed by atoms with Crippen molar-refractivity contribution in [1.82, 2.24) is 4.90 Å². The van der Waals surface area contributed by atoms with Crippen molar-refractivity contribution >= 4 is 6.09 Å². The molecule has 0 unspecified atom stereocenters. The molecule has 0 saturated heterocycles. The van der Waals surface area contributed by atoms with E-state index in [-0.39, 0.29) is 12.6 Å². The molecule has 0 aromatic heterocycles. The highest BCUT2D eigenvalue weighted by Gasteiger charge is 2.31. The van der Waals surface area contributed by atoms with Gasteiger partial charge in [0.15, 0.2) is 0 Å². The van der Waals surface area contributed by atoms with Gasteiger partial charge < -0.3 is 10.2 Å². The Labute approximate surface area is 84.8 Å². The van der Waals surface area contributed by atoms with E-state index in [0.29, 0.717) is 6.42 Å². The van der Waals surface area contributed by atoms with E-state index in [1.165, 1.54) is 4.90 Å². The lowest BCUT2D eigenvalue weighted by atomic mass is 10.0. The van der Waals surface area contributed by atoms with Gasteiger partial charge in [-0.3, -0.25) is 4.90 Å². The summed E-state index contributed by atoms with van der Waals surface area (Å²) in [5.74, 6) is 0. The Kier molecular flexibility index (Phi) is 4.63. The second-order valence-electron chi connectivity index (χ2n) is 4.14. The molecule has 1 amide bonds. The number of carbonyl (C=O) groups is 1. The van der Waals surface area contributed by atoms with E-state index in [1.807, 2.05) is 20.8 Å². The molecule has 0 fully saturated rings. The van der Waals surface area contributed by atoms with Gasteiger partial charge in [0.05, 0.1) is 6.04 Å². The van der Waals surface area contributed by atoms with Crippen LogP contribution in [0.1, 0.15) is 27.2 Å². The molecule has 2 N–H and O–H groups in total. The van der Waals surface area contributed by atoms with Crippen LogP contribution in [-0.4, -0.2) is 39.4 Å². The summed E-state index contributed by atoms with van der Waals surface area (Å²) >= 11 is 0. The predicted molar refractivity (Wildman–Crippen MR) is 55.3 cm³/mol. The highest BCUT2D eigenvalue weighted by atomic mass is 16.4. The number of amides is 1. The minimum atomic E-state index is -0.990. The van der Waals surface area contributed by atoms with Gasteiger partial charge in [0.25, 0.3) is 0 Å². The standard InChI is InChI=1S/C10H19NO3/c1-5-8(6-7-12)11(9(13)14)10(2,3)4/h5,8,12H,1,6-7H2,2-4H3,(H,13,14)/t8-/m0/s1. The van der Waals surface area contributed by atoms with Crippen molar-refractivity contribution in [2.45, 2.75) is 38.8 Å². The van der Waals surface area contributed by atoms with Crippen LogP contribution >= 0.6 is 0 Å². The Morgan fingerprint density at radius 2 is 2.07 bits per heavy atom. The Hall–Kier alpha value is -1.03. The fraction of sp³-hybridized carbons (Fsp3) is 0.700. The van der Waals surface area contributed by atoms with E-state index in [0.717, 1.165) is 0 Å². The Morgan fingerprint density at radius 1 is 1.57 bits per heavy atom. The molecule has 82 valence electrons. The molecule has 0 radical (unpaired) electrons. The minimum absolute atomic E-state index is 0.0451. The summed E-state index contributed by atoms with van der Waals surface area (Å²) in [6, 6.07) is -0.336. The number of nitrogens with zero attached hydrogens (tertiary/aromatic N) is 1. The van der Waals surface area contributed by atoms with E-state index in [9.17, 15) is 4.79 Å². The van der Waals surface area contributed by atoms with E-state index in [2.05, 4.69) is 6.58 Å². The first-order valence-electron chi connectivity index (χ1n) is 4.60. The van der Waals surface area contributed by atoms with Crippen molar-refractivity contribution < 1.29 is 15.0 Å². The second kappa shape index (κ2) is 5.00. The molecule has 0 aliphatic rings. The molecule has 1 atom stereocenters. The monoisotopic (exact) mass is 201 g/mol. The zero-order valence-corrected chi connectivity index (χ0v) is 9.03. The maximum Gasteiger partial charge on any atom is 0.408 e. The zero-order valence-electron chi connectivity index (χ0n) is 9.03. The molecule has 0 heterocycles. The summed E-state index contributed by atoms with van der Waals surface area (Å²) < 4.78 is 0. The number of hydrogen-bond acceptors (Lipinski definition) is 2. The minimum Gasteiger partial charge on any atom is -0.465 e. The van der Waals surface area contributed by atoms with Crippen molar-refractivity contribution in [2.75, 3.05) is 6.61 Å². The van der Waals surface area contributed by atoms with Crippen LogP contribution in [0, 0.1) is 0 Å². The van der Waals surface area contributed by atoms with E-state index in [1.54, 1.807) is 6.08 Å². The summed E-state index contributed by atoms with van der Waals surface area (Å²) in [7, 11) is 0. The Morgan fingerprint density at radius 3 is 2.29 bits per heavy atom. The predicted octanol–water partition coefficient (Wildman–Crippen LogP) is 1.70. The number of carboxylic acid groups (broad SMARTS) is 1. The van der Waals surface area contributed by atoms with Crippen LogP contribution in [0.3, 0.4) is 0 Å². The lowest BCUT2D eigenvalue weighted by molar-refractivity contribution is 0.0753. The molecular weight excluding hydrogens is 182 g/mol. The van der Waals surface area contributed by atoms with Crippen LogP contribution in [0.2, 0.25) is 0 Å². The molecule has 0 aliphatic carbocycles. The molecule has 0 aromatic carbocycles. The van der Waals surface area contributed by atoms with Crippen LogP contribution in [0.25, 0.3) is 0 Å². The Bertz CT molecular complexity index is 208. The summed E-state index contributed by atoms with van der Waals surface area (Å²) in [6.07, 6.45) is 0.943. The summed E-state index contributed by atoms with van der Waals surface area (Å²) in [4.78, 5) is 12.3. The molecule has 0 aliphatic heterocycles. The van der Waals surface area contributed by atoms with Gasteiger partial charge in [-0.1, -0.05) is 6.08 Å². The molecular formula is C10H19NO3. The third-order valence-corrected chi connectivity index (χ3v) is 1.96. The van der Waals surface area contributed by atoms with E-state index >= 15 is 0 Å². The van der Waals surface area contributed by atoms with Gasteiger partial charge in [0.2, 0.25) is 0 Å². The van der Waals surface area contributed by atoms with Crippen LogP contribution in [0.5, 0.6) is 0 Å². The van der Waals surface area contributed by atoms with Crippen molar-refractivity contribution in [3.63, 3.8) is 0 Å². The average molecular weight is 201 g/mol. The van der Waals surface area contributed by atoms with Gasteiger partial charge in [0, 0.05) is 12.1 Å². The number of hydrogen-bond donors (Lipinski definition) is 2. The fourth-order valence-corrected chi connectivity index (χ4v) is 1.41. The van der Waals surface area contributed by atoms with Crippen LogP contribution < -0.4 is 0 Å². The van der Waals surface area contributed by atoms with Crippen molar-refractivity contribution in [3.8, 4) is 0 Å². The molecule has 0 bridgehead atoms. The lowest BCUT2D eigenvalue weighted by Crippen LogP contribution is -2.50. The molecule has 0 rings (SSSR count). The van der Waals surface area contributed by atoms with Gasteiger partial charge >= 0.3 is 6.09 Å². The zero-order chi connectivity index (χ0) is 11.4. The van der Waals surface area contributed by atoms with Crippen molar-refractivity contribution in [2.24, 2.45) is 0 Å². The third-order valence-electron chi connectivity index (χ3n) is 1.96. The summed E-state index contributed by atoms with van der Waals surface area (Å²) in [5.41, 5.74) is -0.486. The van der Waals surface area contributed by atoms with Gasteiger partial charge in [0.1, 0.15) is 0 Å². The molecule has 4 heteroatoms. The molecule has 0 aromatic rings. The van der Waals surface area contributed by atoms with Gasteiger partial charge in [-0.25, -0.2) is 4.79 Å². The van der Waals surface area contributed by atoms with Gasteiger partial charge in [-0.15, -0.1) is 6.58 Å². The topological polar surface area (TPSA) is 60.8 Å². The SMILES string of the molecule is C=C[C@@H](CCO)N(C(=O)O)C(C)(C)C. The number of rotatable bonds is 4. The maximum absolute atomic E-state index is 11.0. The average Bonchev–Trinajstić information content (AvgIpc) is 2.00. The molecule has 0 spiro atoms. The molecule has 4 nitrogen and oxygen atoms in total. The van der Waals surface area contributed by atoms with Crippen LogP contribution in [0.4, 0.5) is 4.79 Å². The summed E-state index contributed by atoms with van der Waals surface area (Å²) in [6.45, 7) is 8.98. The first-order chi connectivity index (χ1) is 6.34.